The molecule has 0 aliphatic rings. The van der Waals surface area contributed by atoms with Crippen LogP contribution < -0.4 is 10.6 Å². The summed E-state index contributed by atoms with van der Waals surface area (Å²) in [5, 5.41) is 6.90. The van der Waals surface area contributed by atoms with Crippen molar-refractivity contribution < 1.29 is 9.21 Å². The lowest BCUT2D eigenvalue weighted by molar-refractivity contribution is -0.122. The molecule has 3 aromatic rings. The van der Waals surface area contributed by atoms with Crippen LogP contribution in [0.3, 0.4) is 0 Å². The van der Waals surface area contributed by atoms with Gasteiger partial charge in [0, 0.05) is 23.2 Å². The normalized spacial score (nSPS) is 12.0. The second-order valence-corrected chi connectivity index (χ2v) is 7.41. The lowest BCUT2D eigenvalue weighted by atomic mass is 10.0. The van der Waals surface area contributed by atoms with E-state index < -0.39 is 6.04 Å². The van der Waals surface area contributed by atoms with Crippen molar-refractivity contribution in [3.63, 3.8) is 0 Å². The van der Waals surface area contributed by atoms with Gasteiger partial charge in [0.15, 0.2) is 0 Å². The zero-order valence-corrected chi connectivity index (χ0v) is 16.6. The molecule has 2 aromatic heterocycles. The van der Waals surface area contributed by atoms with Crippen LogP contribution in [-0.2, 0) is 11.3 Å². The minimum atomic E-state index is -0.403. The van der Waals surface area contributed by atoms with E-state index in [2.05, 4.69) is 34.4 Å². The molecule has 0 aliphatic carbocycles. The monoisotopic (exact) mass is 398 g/mol. The molecule has 0 radical (unpaired) electrons. The van der Waals surface area contributed by atoms with Gasteiger partial charge >= 0.3 is 0 Å². The van der Waals surface area contributed by atoms with Crippen LogP contribution in [0, 0.1) is 5.92 Å². The van der Waals surface area contributed by atoms with Crippen LogP contribution >= 0.6 is 11.6 Å². The van der Waals surface area contributed by atoms with E-state index in [4.69, 9.17) is 16.0 Å². The van der Waals surface area contributed by atoms with Crippen LogP contribution in [0.15, 0.2) is 59.7 Å². The Hall–Kier alpha value is -2.86. The topological polar surface area (TPSA) is 80.1 Å². The van der Waals surface area contributed by atoms with Gasteiger partial charge in [-0.25, -0.2) is 9.97 Å². The van der Waals surface area contributed by atoms with Crippen LogP contribution in [0.25, 0.3) is 11.3 Å². The van der Waals surface area contributed by atoms with Gasteiger partial charge in [0.25, 0.3) is 0 Å². The predicted octanol–water partition coefficient (Wildman–Crippen LogP) is 4.53. The summed E-state index contributed by atoms with van der Waals surface area (Å²) in [6.07, 6.45) is 5.37. The average molecular weight is 399 g/mol. The molecular formula is C21H23ClN4O2. The minimum absolute atomic E-state index is 0.0767. The van der Waals surface area contributed by atoms with Crippen molar-refractivity contribution in [3.8, 4) is 11.3 Å². The highest BCUT2D eigenvalue weighted by Gasteiger charge is 2.20. The molecule has 0 unspecified atom stereocenters. The molecule has 6 nitrogen and oxygen atoms in total. The molecular weight excluding hydrogens is 376 g/mol. The maximum absolute atomic E-state index is 12.8. The molecule has 0 aliphatic heterocycles. The first-order chi connectivity index (χ1) is 13.5. The van der Waals surface area contributed by atoms with Gasteiger partial charge in [-0.2, -0.15) is 0 Å². The minimum Gasteiger partial charge on any atom is -0.472 e. The highest BCUT2D eigenvalue weighted by molar-refractivity contribution is 6.30. The van der Waals surface area contributed by atoms with Gasteiger partial charge in [-0.05, 0) is 36.1 Å². The van der Waals surface area contributed by atoms with Crippen LogP contribution in [0.4, 0.5) is 5.82 Å². The first-order valence-electron chi connectivity index (χ1n) is 9.14. The number of benzene rings is 1. The summed E-state index contributed by atoms with van der Waals surface area (Å²) in [6, 6.07) is 10.7. The molecule has 0 bridgehead atoms. The number of carbonyl (C=O) groups is 1. The first-order valence-corrected chi connectivity index (χ1v) is 9.52. The maximum atomic E-state index is 12.8. The Labute approximate surface area is 169 Å². The smallest absolute Gasteiger partial charge is 0.242 e. The maximum Gasteiger partial charge on any atom is 0.242 e. The van der Waals surface area contributed by atoms with Crippen molar-refractivity contribution in [2.45, 2.75) is 32.9 Å². The Bertz CT molecular complexity index is 895. The van der Waals surface area contributed by atoms with E-state index in [1.54, 1.807) is 12.5 Å². The molecule has 0 spiro atoms. The number of amides is 1. The number of aromatic nitrogens is 2. The molecule has 1 aromatic carbocycles. The van der Waals surface area contributed by atoms with E-state index in [-0.39, 0.29) is 5.91 Å². The standard InChI is InChI=1S/C21H23ClN4O2/c1-14(2)9-19(21(27)23-11-15-3-5-17(22)6-4-15)26-20-10-18(24-13-25-20)16-7-8-28-12-16/h3-8,10,12-14,19H,9,11H2,1-2H3,(H,23,27)(H,24,25,26)/t19-/m1/s1. The van der Waals surface area contributed by atoms with E-state index in [1.807, 2.05) is 36.4 Å². The highest BCUT2D eigenvalue weighted by atomic mass is 35.5. The van der Waals surface area contributed by atoms with Crippen molar-refractivity contribution in [3.05, 3.63) is 65.8 Å². The van der Waals surface area contributed by atoms with E-state index in [1.165, 1.54) is 6.33 Å². The second-order valence-electron chi connectivity index (χ2n) is 6.97. The molecule has 1 atom stereocenters. The zero-order chi connectivity index (χ0) is 19.9. The van der Waals surface area contributed by atoms with Crippen LogP contribution in [-0.4, -0.2) is 21.9 Å². The molecule has 3 rings (SSSR count). The van der Waals surface area contributed by atoms with Crippen molar-refractivity contribution in [2.24, 2.45) is 5.92 Å². The molecule has 28 heavy (non-hydrogen) atoms. The Kier molecular flexibility index (Phi) is 6.66. The van der Waals surface area contributed by atoms with Crippen molar-refractivity contribution in [2.75, 3.05) is 5.32 Å². The molecule has 146 valence electrons. The molecule has 1 amide bonds. The first kappa shape index (κ1) is 19.9. The van der Waals surface area contributed by atoms with Crippen LogP contribution in [0.2, 0.25) is 5.02 Å². The second kappa shape index (κ2) is 9.37. The quantitative estimate of drug-likeness (QED) is 0.582. The van der Waals surface area contributed by atoms with E-state index >= 15 is 0 Å². The third-order valence-electron chi connectivity index (χ3n) is 4.21. The van der Waals surface area contributed by atoms with Gasteiger partial charge in [0.2, 0.25) is 5.91 Å². The van der Waals surface area contributed by atoms with Gasteiger partial charge in [0.1, 0.15) is 18.2 Å². The van der Waals surface area contributed by atoms with Gasteiger partial charge < -0.3 is 15.1 Å². The van der Waals surface area contributed by atoms with E-state index in [0.29, 0.717) is 29.7 Å². The Balaban J connectivity index is 1.68. The number of hydrogen-bond donors (Lipinski definition) is 2. The zero-order valence-electron chi connectivity index (χ0n) is 15.9. The highest BCUT2D eigenvalue weighted by Crippen LogP contribution is 2.20. The molecule has 0 saturated heterocycles. The Morgan fingerprint density at radius 3 is 2.64 bits per heavy atom. The Morgan fingerprint density at radius 2 is 1.96 bits per heavy atom. The number of hydrogen-bond acceptors (Lipinski definition) is 5. The van der Waals surface area contributed by atoms with Crippen LogP contribution in [0.5, 0.6) is 0 Å². The summed E-state index contributed by atoms with van der Waals surface area (Å²) in [5.41, 5.74) is 2.58. The Morgan fingerprint density at radius 1 is 1.18 bits per heavy atom. The molecule has 7 heteroatoms. The van der Waals surface area contributed by atoms with Crippen LogP contribution in [0.1, 0.15) is 25.8 Å². The number of rotatable bonds is 8. The number of halogens is 1. The lowest BCUT2D eigenvalue weighted by Gasteiger charge is -2.21. The largest absolute Gasteiger partial charge is 0.472 e. The summed E-state index contributed by atoms with van der Waals surface area (Å²) in [4.78, 5) is 21.3. The van der Waals surface area contributed by atoms with Gasteiger partial charge in [-0.1, -0.05) is 37.6 Å². The number of nitrogens with one attached hydrogen (secondary N) is 2. The fourth-order valence-corrected chi connectivity index (χ4v) is 2.93. The molecule has 0 saturated carbocycles. The van der Waals surface area contributed by atoms with Gasteiger partial charge in [-0.3, -0.25) is 4.79 Å². The number of anilines is 1. The predicted molar refractivity (Wildman–Crippen MR) is 110 cm³/mol. The van der Waals surface area contributed by atoms with Crippen molar-refractivity contribution in [1.29, 1.82) is 0 Å². The summed E-state index contributed by atoms with van der Waals surface area (Å²) >= 11 is 5.91. The van der Waals surface area contributed by atoms with Crippen molar-refractivity contribution in [1.82, 2.24) is 15.3 Å². The lowest BCUT2D eigenvalue weighted by Crippen LogP contribution is -2.40. The van der Waals surface area contributed by atoms with E-state index in [0.717, 1.165) is 16.8 Å². The summed E-state index contributed by atoms with van der Waals surface area (Å²) in [6.45, 7) is 4.60. The molecule has 2 N–H and O–H groups in total. The van der Waals surface area contributed by atoms with Gasteiger partial charge in [-0.15, -0.1) is 0 Å². The summed E-state index contributed by atoms with van der Waals surface area (Å²) in [7, 11) is 0. The number of furan rings is 1. The number of carbonyl (C=O) groups excluding carboxylic acids is 1. The molecule has 0 fully saturated rings. The summed E-state index contributed by atoms with van der Waals surface area (Å²) in [5.74, 6) is 0.861. The number of nitrogens with zero attached hydrogens (tertiary/aromatic N) is 2. The fourth-order valence-electron chi connectivity index (χ4n) is 2.80. The third-order valence-corrected chi connectivity index (χ3v) is 4.46. The third kappa shape index (κ3) is 5.57. The van der Waals surface area contributed by atoms with Gasteiger partial charge in [0.05, 0.1) is 18.2 Å². The summed E-state index contributed by atoms with van der Waals surface area (Å²) < 4.78 is 5.11. The fraction of sp³-hybridized carbons (Fsp3) is 0.286. The SMILES string of the molecule is CC(C)C[C@@H](Nc1cc(-c2ccoc2)ncn1)C(=O)NCc1ccc(Cl)cc1. The van der Waals surface area contributed by atoms with E-state index in [9.17, 15) is 4.79 Å². The van der Waals surface area contributed by atoms with Crippen molar-refractivity contribution >= 4 is 23.3 Å². The molecule has 2 heterocycles. The average Bonchev–Trinajstić information content (AvgIpc) is 3.21.